The fourth-order valence-corrected chi connectivity index (χ4v) is 4.35. The Bertz CT molecular complexity index is 1130. The van der Waals surface area contributed by atoms with Crippen molar-refractivity contribution in [3.8, 4) is 0 Å². The zero-order valence-electron chi connectivity index (χ0n) is 19.7. The Morgan fingerprint density at radius 1 is 0.912 bits per heavy atom. The topological polar surface area (TPSA) is 49.4 Å². The number of nitrogens with one attached hydrogen (secondary N) is 1. The fraction of sp³-hybridized carbons (Fsp3) is 0.286. The van der Waals surface area contributed by atoms with Crippen LogP contribution in [0.2, 0.25) is 10.0 Å². The van der Waals surface area contributed by atoms with Gasteiger partial charge in [0.15, 0.2) is 0 Å². The molecule has 0 saturated heterocycles. The molecular formula is C28H30Cl2N2O2. The van der Waals surface area contributed by atoms with Crippen molar-refractivity contribution in [2.45, 2.75) is 52.2 Å². The molecule has 0 aliphatic heterocycles. The van der Waals surface area contributed by atoms with Crippen LogP contribution in [0.1, 0.15) is 36.1 Å². The molecule has 1 N–H and O–H groups in total. The van der Waals surface area contributed by atoms with Crippen molar-refractivity contribution in [1.82, 2.24) is 10.2 Å². The summed E-state index contributed by atoms with van der Waals surface area (Å²) in [6.45, 7) is 6.15. The molecule has 2 amide bonds. The highest BCUT2D eigenvalue weighted by Crippen LogP contribution is 2.23. The lowest BCUT2D eigenvalue weighted by atomic mass is 10.0. The Morgan fingerprint density at radius 2 is 1.62 bits per heavy atom. The molecule has 0 spiro atoms. The van der Waals surface area contributed by atoms with Gasteiger partial charge in [0.25, 0.3) is 0 Å². The van der Waals surface area contributed by atoms with Crippen LogP contribution in [-0.2, 0) is 29.0 Å². The van der Waals surface area contributed by atoms with Crippen molar-refractivity contribution in [3.63, 3.8) is 0 Å². The third-order valence-corrected chi connectivity index (χ3v) is 6.08. The highest BCUT2D eigenvalue weighted by atomic mass is 35.5. The first-order chi connectivity index (χ1) is 16.2. The van der Waals surface area contributed by atoms with Gasteiger partial charge in [0.2, 0.25) is 11.8 Å². The minimum Gasteiger partial charge on any atom is -0.352 e. The van der Waals surface area contributed by atoms with E-state index in [1.165, 1.54) is 0 Å². The zero-order chi connectivity index (χ0) is 24.7. The van der Waals surface area contributed by atoms with Crippen LogP contribution >= 0.6 is 23.2 Å². The summed E-state index contributed by atoms with van der Waals surface area (Å²) in [5.41, 5.74) is 3.72. The molecule has 3 aromatic rings. The minimum absolute atomic E-state index is 0.0487. The highest BCUT2D eigenvalue weighted by Gasteiger charge is 2.31. The third kappa shape index (κ3) is 7.34. The average molecular weight is 497 g/mol. The Hall–Kier alpha value is -2.82. The number of carbonyl (C=O) groups excluding carboxylic acids is 2. The van der Waals surface area contributed by atoms with Gasteiger partial charge < -0.3 is 10.2 Å². The zero-order valence-corrected chi connectivity index (χ0v) is 21.2. The minimum atomic E-state index is -0.677. The lowest BCUT2D eigenvalue weighted by molar-refractivity contribution is -0.141. The van der Waals surface area contributed by atoms with Crippen LogP contribution in [0.4, 0.5) is 0 Å². The van der Waals surface area contributed by atoms with E-state index < -0.39 is 6.04 Å². The van der Waals surface area contributed by atoms with Crippen LogP contribution in [0.3, 0.4) is 0 Å². The predicted octanol–water partition coefficient (Wildman–Crippen LogP) is 6.01. The SMILES string of the molecule is Cc1cccc(CN(C(=O)Cc2ccc(Cl)cc2Cl)[C@H](Cc2ccccc2)C(=O)NC(C)C)c1. The molecule has 0 saturated carbocycles. The quantitative estimate of drug-likeness (QED) is 0.394. The van der Waals surface area contributed by atoms with Gasteiger partial charge in [0.1, 0.15) is 6.04 Å². The lowest BCUT2D eigenvalue weighted by Gasteiger charge is -2.32. The molecule has 6 heteroatoms. The summed E-state index contributed by atoms with van der Waals surface area (Å²) in [7, 11) is 0. The number of rotatable bonds is 9. The Labute approximate surface area is 211 Å². The molecule has 0 heterocycles. The van der Waals surface area contributed by atoms with Crippen molar-refractivity contribution in [1.29, 1.82) is 0 Å². The summed E-state index contributed by atoms with van der Waals surface area (Å²) < 4.78 is 0. The first-order valence-corrected chi connectivity index (χ1v) is 12.1. The summed E-state index contributed by atoms with van der Waals surface area (Å²) in [6.07, 6.45) is 0.480. The van der Waals surface area contributed by atoms with Gasteiger partial charge in [-0.05, 0) is 49.6 Å². The van der Waals surface area contributed by atoms with Gasteiger partial charge in [-0.2, -0.15) is 0 Å². The molecule has 178 valence electrons. The number of aryl methyl sites for hydroxylation is 1. The molecule has 0 aliphatic carbocycles. The number of carbonyl (C=O) groups is 2. The average Bonchev–Trinajstić information content (AvgIpc) is 2.78. The van der Waals surface area contributed by atoms with Gasteiger partial charge in [-0.15, -0.1) is 0 Å². The van der Waals surface area contributed by atoms with Gasteiger partial charge in [-0.25, -0.2) is 0 Å². The molecular weight excluding hydrogens is 467 g/mol. The number of hydrogen-bond acceptors (Lipinski definition) is 2. The monoisotopic (exact) mass is 496 g/mol. The van der Waals surface area contributed by atoms with Crippen LogP contribution in [0.15, 0.2) is 72.8 Å². The summed E-state index contributed by atoms with van der Waals surface area (Å²) in [6, 6.07) is 22.1. The standard InChI is InChI=1S/C28H30Cl2N2O2/c1-19(2)31-28(34)26(15-21-9-5-4-6-10-21)32(18-22-11-7-8-20(3)14-22)27(33)16-23-12-13-24(29)17-25(23)30/h4-14,17,19,26H,15-16,18H2,1-3H3,(H,31,34)/t26-/m1/s1. The number of nitrogens with zero attached hydrogens (tertiary/aromatic N) is 1. The van der Waals surface area contributed by atoms with Crippen LogP contribution < -0.4 is 5.32 Å². The molecule has 3 aromatic carbocycles. The van der Waals surface area contributed by atoms with Crippen molar-refractivity contribution >= 4 is 35.0 Å². The highest BCUT2D eigenvalue weighted by molar-refractivity contribution is 6.35. The van der Waals surface area contributed by atoms with Crippen molar-refractivity contribution in [2.75, 3.05) is 0 Å². The van der Waals surface area contributed by atoms with E-state index in [4.69, 9.17) is 23.2 Å². The number of benzene rings is 3. The Balaban J connectivity index is 1.99. The van der Waals surface area contributed by atoms with E-state index in [0.29, 0.717) is 28.6 Å². The summed E-state index contributed by atoms with van der Waals surface area (Å²) in [5, 5.41) is 3.95. The number of halogens is 2. The van der Waals surface area contributed by atoms with Crippen LogP contribution in [-0.4, -0.2) is 28.8 Å². The summed E-state index contributed by atoms with van der Waals surface area (Å²) >= 11 is 12.4. The third-order valence-electron chi connectivity index (χ3n) is 5.49. The lowest BCUT2D eigenvalue weighted by Crippen LogP contribution is -2.52. The van der Waals surface area contributed by atoms with E-state index in [-0.39, 0.29) is 24.3 Å². The molecule has 0 unspecified atom stereocenters. The molecule has 0 bridgehead atoms. The van der Waals surface area contributed by atoms with E-state index in [0.717, 1.165) is 16.7 Å². The summed E-state index contributed by atoms with van der Waals surface area (Å²) in [4.78, 5) is 28.8. The van der Waals surface area contributed by atoms with Crippen LogP contribution in [0.25, 0.3) is 0 Å². The second-order valence-corrected chi connectivity index (χ2v) is 9.64. The van der Waals surface area contributed by atoms with Gasteiger partial charge in [-0.1, -0.05) is 89.4 Å². The molecule has 34 heavy (non-hydrogen) atoms. The van der Waals surface area contributed by atoms with E-state index >= 15 is 0 Å². The first-order valence-electron chi connectivity index (χ1n) is 11.4. The second-order valence-electron chi connectivity index (χ2n) is 8.79. The fourth-order valence-electron chi connectivity index (χ4n) is 3.87. The largest absolute Gasteiger partial charge is 0.352 e. The van der Waals surface area contributed by atoms with Crippen molar-refractivity contribution in [2.24, 2.45) is 0 Å². The molecule has 4 nitrogen and oxygen atoms in total. The second kappa shape index (κ2) is 12.0. The van der Waals surface area contributed by atoms with Gasteiger partial charge in [-0.3, -0.25) is 9.59 Å². The van der Waals surface area contributed by atoms with E-state index in [2.05, 4.69) is 5.32 Å². The van der Waals surface area contributed by atoms with E-state index in [1.54, 1.807) is 23.1 Å². The Morgan fingerprint density at radius 3 is 2.26 bits per heavy atom. The van der Waals surface area contributed by atoms with Crippen LogP contribution in [0, 0.1) is 6.92 Å². The maximum atomic E-state index is 13.7. The van der Waals surface area contributed by atoms with E-state index in [9.17, 15) is 9.59 Å². The number of hydrogen-bond donors (Lipinski definition) is 1. The molecule has 0 aromatic heterocycles. The molecule has 1 atom stereocenters. The van der Waals surface area contributed by atoms with Crippen molar-refractivity contribution < 1.29 is 9.59 Å². The van der Waals surface area contributed by atoms with Gasteiger partial charge in [0.05, 0.1) is 6.42 Å². The van der Waals surface area contributed by atoms with Crippen molar-refractivity contribution in [3.05, 3.63) is 105 Å². The molecule has 0 radical (unpaired) electrons. The van der Waals surface area contributed by atoms with E-state index in [1.807, 2.05) is 75.4 Å². The van der Waals surface area contributed by atoms with Crippen LogP contribution in [0.5, 0.6) is 0 Å². The first kappa shape index (κ1) is 25.8. The molecule has 3 rings (SSSR count). The predicted molar refractivity (Wildman–Crippen MR) is 139 cm³/mol. The molecule has 0 fully saturated rings. The van der Waals surface area contributed by atoms with Gasteiger partial charge >= 0.3 is 0 Å². The normalized spacial score (nSPS) is 11.8. The smallest absolute Gasteiger partial charge is 0.243 e. The van der Waals surface area contributed by atoms with Gasteiger partial charge in [0, 0.05) is 29.1 Å². The maximum absolute atomic E-state index is 13.7. The number of amides is 2. The summed E-state index contributed by atoms with van der Waals surface area (Å²) in [5.74, 6) is -0.354. The Kier molecular flexibility index (Phi) is 9.14. The molecule has 0 aliphatic rings. The maximum Gasteiger partial charge on any atom is 0.243 e.